The lowest BCUT2D eigenvalue weighted by atomic mass is 10.0. The average molecular weight is 192 g/mol. The van der Waals surface area contributed by atoms with Gasteiger partial charge in [0.2, 0.25) is 0 Å². The molecule has 1 aromatic carbocycles. The molecule has 1 fully saturated rings. The van der Waals surface area contributed by atoms with Crippen molar-refractivity contribution in [3.63, 3.8) is 0 Å². The van der Waals surface area contributed by atoms with Crippen LogP contribution in [0.1, 0.15) is 5.56 Å². The molecule has 0 spiro atoms. The van der Waals surface area contributed by atoms with E-state index >= 15 is 0 Å². The number of benzene rings is 1. The molecule has 1 aliphatic rings. The van der Waals surface area contributed by atoms with E-state index < -0.39 is 0 Å². The van der Waals surface area contributed by atoms with Crippen LogP contribution in [0.5, 0.6) is 5.75 Å². The second-order valence-corrected chi connectivity index (χ2v) is 3.73. The first-order valence-corrected chi connectivity index (χ1v) is 5.06. The number of aromatic hydroxyl groups is 1. The fourth-order valence-corrected chi connectivity index (χ4v) is 1.77. The summed E-state index contributed by atoms with van der Waals surface area (Å²) in [5.74, 6) is 0.337. The quantitative estimate of drug-likeness (QED) is 0.639. The summed E-state index contributed by atoms with van der Waals surface area (Å²) in [5, 5.41) is 15.9. The first kappa shape index (κ1) is 9.49. The maximum atomic E-state index is 9.13. The number of hydrogen-bond acceptors (Lipinski definition) is 3. The van der Waals surface area contributed by atoms with E-state index in [-0.39, 0.29) is 0 Å². The van der Waals surface area contributed by atoms with Crippen molar-refractivity contribution >= 4 is 0 Å². The molecule has 1 saturated heterocycles. The number of phenolic OH excluding ortho intramolecular Hbond substituents is 1. The van der Waals surface area contributed by atoms with Gasteiger partial charge in [-0.2, -0.15) is 0 Å². The lowest BCUT2D eigenvalue weighted by Crippen LogP contribution is -2.49. The van der Waals surface area contributed by atoms with Crippen molar-refractivity contribution in [1.29, 1.82) is 0 Å². The van der Waals surface area contributed by atoms with Crippen LogP contribution in [-0.2, 0) is 6.42 Å². The fourth-order valence-electron chi connectivity index (χ4n) is 1.77. The van der Waals surface area contributed by atoms with Crippen LogP contribution in [0.2, 0.25) is 0 Å². The summed E-state index contributed by atoms with van der Waals surface area (Å²) >= 11 is 0. The molecule has 3 heteroatoms. The number of phenols is 1. The van der Waals surface area contributed by atoms with E-state index in [0.717, 1.165) is 26.1 Å². The minimum atomic E-state index is 0.337. The van der Waals surface area contributed by atoms with E-state index in [0.29, 0.717) is 11.8 Å². The average Bonchev–Trinajstić information content (AvgIpc) is 2.23. The molecule has 2 rings (SSSR count). The van der Waals surface area contributed by atoms with Gasteiger partial charge in [0.25, 0.3) is 0 Å². The maximum Gasteiger partial charge on any atom is 0.115 e. The second-order valence-electron chi connectivity index (χ2n) is 3.73. The smallest absolute Gasteiger partial charge is 0.115 e. The van der Waals surface area contributed by atoms with Gasteiger partial charge in [-0.15, -0.1) is 0 Å². The highest BCUT2D eigenvalue weighted by Gasteiger charge is 2.11. The van der Waals surface area contributed by atoms with Crippen LogP contribution >= 0.6 is 0 Å². The Kier molecular flexibility index (Phi) is 3.01. The van der Waals surface area contributed by atoms with E-state index in [1.54, 1.807) is 12.1 Å². The summed E-state index contributed by atoms with van der Waals surface area (Å²) in [4.78, 5) is 0. The number of hydrogen-bond donors (Lipinski definition) is 3. The Morgan fingerprint density at radius 2 is 2.00 bits per heavy atom. The van der Waals surface area contributed by atoms with E-state index in [4.69, 9.17) is 5.11 Å². The molecule has 0 aliphatic carbocycles. The van der Waals surface area contributed by atoms with Gasteiger partial charge in [-0.3, -0.25) is 0 Å². The molecule has 3 N–H and O–H groups in total. The molecule has 0 saturated carbocycles. The standard InChI is InChI=1S/C11H16N2O/c14-11-3-1-9(2-4-11)7-10-8-12-5-6-13-10/h1-4,10,12-14H,5-8H2. The van der Waals surface area contributed by atoms with Crippen LogP contribution < -0.4 is 10.6 Å². The molecule has 76 valence electrons. The Bertz CT molecular complexity index is 278. The molecular weight excluding hydrogens is 176 g/mol. The number of piperazine rings is 1. The van der Waals surface area contributed by atoms with Gasteiger partial charge in [0.15, 0.2) is 0 Å². The van der Waals surface area contributed by atoms with Gasteiger partial charge in [-0.05, 0) is 24.1 Å². The molecule has 0 amide bonds. The van der Waals surface area contributed by atoms with Gasteiger partial charge in [0.1, 0.15) is 5.75 Å². The monoisotopic (exact) mass is 192 g/mol. The van der Waals surface area contributed by atoms with Crippen LogP contribution in [0.3, 0.4) is 0 Å². The van der Waals surface area contributed by atoms with Crippen molar-refractivity contribution < 1.29 is 5.11 Å². The van der Waals surface area contributed by atoms with Crippen molar-refractivity contribution in [3.05, 3.63) is 29.8 Å². The van der Waals surface area contributed by atoms with Crippen LogP contribution in [0.15, 0.2) is 24.3 Å². The third kappa shape index (κ3) is 2.47. The summed E-state index contributed by atoms with van der Waals surface area (Å²) in [7, 11) is 0. The predicted octanol–water partition coefficient (Wildman–Crippen LogP) is 0.496. The fraction of sp³-hybridized carbons (Fsp3) is 0.455. The number of nitrogens with one attached hydrogen (secondary N) is 2. The van der Waals surface area contributed by atoms with Crippen LogP contribution in [0.25, 0.3) is 0 Å². The third-order valence-corrected chi connectivity index (χ3v) is 2.54. The van der Waals surface area contributed by atoms with Crippen molar-refractivity contribution in [2.45, 2.75) is 12.5 Å². The van der Waals surface area contributed by atoms with Crippen molar-refractivity contribution in [1.82, 2.24) is 10.6 Å². The summed E-state index contributed by atoms with van der Waals surface area (Å²) in [6, 6.07) is 7.96. The van der Waals surface area contributed by atoms with E-state index in [1.807, 2.05) is 12.1 Å². The summed E-state index contributed by atoms with van der Waals surface area (Å²) in [5.41, 5.74) is 1.27. The Labute approximate surface area is 84.1 Å². The van der Waals surface area contributed by atoms with Crippen LogP contribution in [0, 0.1) is 0 Å². The molecule has 0 aromatic heterocycles. The zero-order chi connectivity index (χ0) is 9.80. The highest BCUT2D eigenvalue weighted by Crippen LogP contribution is 2.11. The van der Waals surface area contributed by atoms with Crippen molar-refractivity contribution in [2.24, 2.45) is 0 Å². The Hall–Kier alpha value is -1.06. The zero-order valence-electron chi connectivity index (χ0n) is 8.16. The number of rotatable bonds is 2. The van der Waals surface area contributed by atoms with E-state index in [9.17, 15) is 0 Å². The molecule has 1 aromatic rings. The van der Waals surface area contributed by atoms with Crippen LogP contribution in [-0.4, -0.2) is 30.8 Å². The lowest BCUT2D eigenvalue weighted by Gasteiger charge is -2.24. The molecule has 0 bridgehead atoms. The second kappa shape index (κ2) is 4.44. The highest BCUT2D eigenvalue weighted by molar-refractivity contribution is 5.26. The van der Waals surface area contributed by atoms with Gasteiger partial charge < -0.3 is 15.7 Å². The first-order chi connectivity index (χ1) is 6.84. The molecular formula is C11H16N2O. The van der Waals surface area contributed by atoms with Gasteiger partial charge >= 0.3 is 0 Å². The largest absolute Gasteiger partial charge is 0.508 e. The predicted molar refractivity (Wildman–Crippen MR) is 56.5 cm³/mol. The van der Waals surface area contributed by atoms with Crippen molar-refractivity contribution in [3.8, 4) is 5.75 Å². The lowest BCUT2D eigenvalue weighted by molar-refractivity contribution is 0.416. The van der Waals surface area contributed by atoms with Crippen molar-refractivity contribution in [2.75, 3.05) is 19.6 Å². The van der Waals surface area contributed by atoms with Gasteiger partial charge in [0.05, 0.1) is 0 Å². The topological polar surface area (TPSA) is 44.3 Å². The molecule has 14 heavy (non-hydrogen) atoms. The van der Waals surface area contributed by atoms with Crippen LogP contribution in [0.4, 0.5) is 0 Å². The Balaban J connectivity index is 1.92. The molecule has 1 atom stereocenters. The Morgan fingerprint density at radius 3 is 2.64 bits per heavy atom. The summed E-state index contributed by atoms with van der Waals surface area (Å²) in [6.07, 6.45) is 1.02. The molecule has 3 nitrogen and oxygen atoms in total. The minimum absolute atomic E-state index is 0.337. The third-order valence-electron chi connectivity index (χ3n) is 2.54. The normalized spacial score (nSPS) is 22.1. The molecule has 1 unspecified atom stereocenters. The molecule has 0 radical (unpaired) electrons. The van der Waals surface area contributed by atoms with Gasteiger partial charge in [-0.25, -0.2) is 0 Å². The van der Waals surface area contributed by atoms with E-state index in [1.165, 1.54) is 5.56 Å². The molecule has 1 aliphatic heterocycles. The SMILES string of the molecule is Oc1ccc(CC2CNCCN2)cc1. The van der Waals surface area contributed by atoms with E-state index in [2.05, 4.69) is 10.6 Å². The molecule has 1 heterocycles. The summed E-state index contributed by atoms with van der Waals surface area (Å²) < 4.78 is 0. The van der Waals surface area contributed by atoms with Gasteiger partial charge in [-0.1, -0.05) is 12.1 Å². The summed E-state index contributed by atoms with van der Waals surface area (Å²) in [6.45, 7) is 3.13. The Morgan fingerprint density at radius 1 is 1.21 bits per heavy atom. The first-order valence-electron chi connectivity index (χ1n) is 5.06. The minimum Gasteiger partial charge on any atom is -0.508 e. The zero-order valence-corrected chi connectivity index (χ0v) is 8.16. The highest BCUT2D eigenvalue weighted by atomic mass is 16.3. The van der Waals surface area contributed by atoms with Gasteiger partial charge in [0, 0.05) is 25.7 Å². The maximum absolute atomic E-state index is 9.13.